The van der Waals surface area contributed by atoms with Crippen molar-refractivity contribution in [3.63, 3.8) is 0 Å². The molecule has 2 amide bonds. The smallest absolute Gasteiger partial charge is 0.410 e. The molecule has 2 aromatic rings. The minimum atomic E-state index is -3.49. The van der Waals surface area contributed by atoms with Gasteiger partial charge in [-0.25, -0.2) is 13.2 Å². The zero-order chi connectivity index (χ0) is 22.2. The summed E-state index contributed by atoms with van der Waals surface area (Å²) >= 11 is 7.23. The summed E-state index contributed by atoms with van der Waals surface area (Å²) in [7, 11) is -3.49. The Hall–Kier alpha value is -2.10. The molecule has 0 bridgehead atoms. The van der Waals surface area contributed by atoms with Crippen molar-refractivity contribution in [2.24, 2.45) is 0 Å². The Bertz CT molecular complexity index is 1080. The van der Waals surface area contributed by atoms with Crippen molar-refractivity contribution in [3.05, 3.63) is 51.2 Å². The molecule has 0 aliphatic carbocycles. The second kappa shape index (κ2) is 8.80. The molecule has 31 heavy (non-hydrogen) atoms. The van der Waals surface area contributed by atoms with E-state index in [0.29, 0.717) is 32.5 Å². The molecule has 3 heterocycles. The van der Waals surface area contributed by atoms with E-state index in [4.69, 9.17) is 16.3 Å². The summed E-state index contributed by atoms with van der Waals surface area (Å²) in [4.78, 5) is 29.0. The summed E-state index contributed by atoms with van der Waals surface area (Å²) in [6, 6.07) is 9.97. The lowest BCUT2D eigenvalue weighted by atomic mass is 9.99. The third-order valence-corrected chi connectivity index (χ3v) is 8.61. The lowest BCUT2D eigenvalue weighted by Gasteiger charge is -2.37. The van der Waals surface area contributed by atoms with Crippen molar-refractivity contribution in [1.29, 1.82) is 0 Å². The molecule has 0 unspecified atom stereocenters. The van der Waals surface area contributed by atoms with Crippen LogP contribution < -0.4 is 0 Å². The highest BCUT2D eigenvalue weighted by Crippen LogP contribution is 2.33. The SMILES string of the molecule is CS(=O)(=O)c1csc(C(=O)N2CCC(N3C(=O)OC[C@H]3Cc3ccccc3)CC2)c1Cl. The van der Waals surface area contributed by atoms with Crippen LogP contribution in [0, 0.1) is 0 Å². The van der Waals surface area contributed by atoms with Gasteiger partial charge in [0.15, 0.2) is 9.84 Å². The highest BCUT2D eigenvalue weighted by atomic mass is 35.5. The maximum absolute atomic E-state index is 12.9. The van der Waals surface area contributed by atoms with Crippen molar-refractivity contribution >= 4 is 44.8 Å². The van der Waals surface area contributed by atoms with E-state index in [9.17, 15) is 18.0 Å². The quantitative estimate of drug-likeness (QED) is 0.651. The highest BCUT2D eigenvalue weighted by Gasteiger charge is 2.40. The molecular weight excluding hydrogens is 460 g/mol. The molecular formula is C21H23ClN2O5S2. The third kappa shape index (κ3) is 4.58. The van der Waals surface area contributed by atoms with E-state index >= 15 is 0 Å². The van der Waals surface area contributed by atoms with Crippen LogP contribution in [-0.4, -0.2) is 68.3 Å². The maximum Gasteiger partial charge on any atom is 0.410 e. The maximum atomic E-state index is 12.9. The first kappa shape index (κ1) is 22.1. The van der Waals surface area contributed by atoms with Crippen molar-refractivity contribution in [3.8, 4) is 0 Å². The van der Waals surface area contributed by atoms with Gasteiger partial charge in [0.05, 0.1) is 16.0 Å². The molecule has 0 spiro atoms. The van der Waals surface area contributed by atoms with Crippen LogP contribution >= 0.6 is 22.9 Å². The second-order valence-corrected chi connectivity index (χ2v) is 11.1. The fourth-order valence-electron chi connectivity index (χ4n) is 4.18. The topological polar surface area (TPSA) is 84.0 Å². The first-order valence-electron chi connectivity index (χ1n) is 10.0. The number of hydrogen-bond acceptors (Lipinski definition) is 6. The van der Waals surface area contributed by atoms with E-state index in [1.54, 1.807) is 4.90 Å². The van der Waals surface area contributed by atoms with E-state index in [1.807, 2.05) is 35.2 Å². The highest BCUT2D eigenvalue weighted by molar-refractivity contribution is 7.91. The zero-order valence-corrected chi connectivity index (χ0v) is 19.4. The molecule has 166 valence electrons. The van der Waals surface area contributed by atoms with E-state index in [0.717, 1.165) is 29.6 Å². The number of cyclic esters (lactones) is 1. The number of likely N-dealkylation sites (tertiary alicyclic amines) is 1. The predicted molar refractivity (Wildman–Crippen MR) is 118 cm³/mol. The number of amides is 2. The number of carbonyl (C=O) groups excluding carboxylic acids is 2. The summed E-state index contributed by atoms with van der Waals surface area (Å²) in [5, 5.41) is 1.40. The number of rotatable bonds is 5. The number of hydrogen-bond donors (Lipinski definition) is 0. The van der Waals surface area contributed by atoms with Crippen molar-refractivity contribution in [2.45, 2.75) is 36.2 Å². The molecule has 2 fully saturated rings. The lowest BCUT2D eigenvalue weighted by molar-refractivity contribution is 0.0641. The normalized spacial score (nSPS) is 20.2. The number of thiophene rings is 1. The molecule has 0 saturated carbocycles. The molecule has 0 radical (unpaired) electrons. The van der Waals surface area contributed by atoms with Gasteiger partial charge >= 0.3 is 6.09 Å². The number of benzene rings is 1. The van der Waals surface area contributed by atoms with Crippen LogP contribution in [0.2, 0.25) is 5.02 Å². The second-order valence-electron chi connectivity index (χ2n) is 7.87. The van der Waals surface area contributed by atoms with Gasteiger partial charge in [0.1, 0.15) is 11.5 Å². The minimum Gasteiger partial charge on any atom is -0.447 e. The minimum absolute atomic E-state index is 0.00171. The first-order valence-corrected chi connectivity index (χ1v) is 13.2. The van der Waals surface area contributed by atoms with Gasteiger partial charge < -0.3 is 9.64 Å². The Morgan fingerprint density at radius 3 is 2.52 bits per heavy atom. The number of piperidine rings is 1. The van der Waals surface area contributed by atoms with Gasteiger partial charge in [0.25, 0.3) is 5.91 Å². The Morgan fingerprint density at radius 1 is 1.23 bits per heavy atom. The van der Waals surface area contributed by atoms with E-state index in [-0.39, 0.29) is 38.9 Å². The predicted octanol–water partition coefficient (Wildman–Crippen LogP) is 3.47. The molecule has 2 aliphatic heterocycles. The van der Waals surface area contributed by atoms with Gasteiger partial charge in [-0.2, -0.15) is 0 Å². The molecule has 7 nitrogen and oxygen atoms in total. The van der Waals surface area contributed by atoms with Gasteiger partial charge in [-0.1, -0.05) is 41.9 Å². The summed E-state index contributed by atoms with van der Waals surface area (Å²) in [5.74, 6) is -0.270. The molecule has 0 N–H and O–H groups in total. The molecule has 1 aromatic heterocycles. The van der Waals surface area contributed by atoms with Crippen molar-refractivity contribution in [2.75, 3.05) is 26.0 Å². The van der Waals surface area contributed by atoms with E-state index in [2.05, 4.69) is 0 Å². The van der Waals surface area contributed by atoms with Gasteiger partial charge in [0.2, 0.25) is 0 Å². The Morgan fingerprint density at radius 2 is 1.90 bits per heavy atom. The fourth-order valence-corrected chi connectivity index (χ4v) is 7.05. The number of halogens is 1. The van der Waals surface area contributed by atoms with Crippen LogP contribution in [0.25, 0.3) is 0 Å². The molecule has 1 aromatic carbocycles. The van der Waals surface area contributed by atoms with Crippen molar-refractivity contribution in [1.82, 2.24) is 9.80 Å². The van der Waals surface area contributed by atoms with E-state index < -0.39 is 9.84 Å². The summed E-state index contributed by atoms with van der Waals surface area (Å²) < 4.78 is 28.9. The Balaban J connectivity index is 1.41. The number of sulfone groups is 1. The molecule has 2 saturated heterocycles. The molecule has 10 heteroatoms. The van der Waals surface area contributed by atoms with Gasteiger partial charge in [0, 0.05) is 30.8 Å². The van der Waals surface area contributed by atoms with Crippen molar-refractivity contribution < 1.29 is 22.7 Å². The summed E-state index contributed by atoms with van der Waals surface area (Å²) in [6.07, 6.45) is 2.76. The molecule has 1 atom stereocenters. The number of nitrogens with zero attached hydrogens (tertiary/aromatic N) is 2. The Labute approximate surface area is 190 Å². The van der Waals surface area contributed by atoms with Gasteiger partial charge in [-0.15, -0.1) is 11.3 Å². The molecule has 4 rings (SSSR count). The summed E-state index contributed by atoms with van der Waals surface area (Å²) in [5.41, 5.74) is 1.15. The lowest BCUT2D eigenvalue weighted by Crippen LogP contribution is -2.50. The average Bonchev–Trinajstić information content (AvgIpc) is 3.31. The third-order valence-electron chi connectivity index (χ3n) is 5.76. The fraction of sp³-hybridized carbons (Fsp3) is 0.429. The standard InChI is InChI=1S/C21H23ClN2O5S2/c1-31(27,28)17-13-30-19(18(17)22)20(25)23-9-7-15(8-10-23)24-16(12-29-21(24)26)11-14-5-3-2-4-6-14/h2-6,13,15-16H,7-12H2,1H3/t16-/m1/s1. The van der Waals surface area contributed by atoms with Crippen LogP contribution in [0.3, 0.4) is 0 Å². The van der Waals surface area contributed by atoms with Gasteiger partial charge in [-0.05, 0) is 24.8 Å². The first-order chi connectivity index (χ1) is 14.8. The Kier molecular flexibility index (Phi) is 6.27. The van der Waals surface area contributed by atoms with Crippen LogP contribution in [0.5, 0.6) is 0 Å². The zero-order valence-electron chi connectivity index (χ0n) is 17.0. The number of carbonyl (C=O) groups is 2. The van der Waals surface area contributed by atoms with E-state index in [1.165, 1.54) is 5.38 Å². The average molecular weight is 483 g/mol. The van der Waals surface area contributed by atoms with Gasteiger partial charge in [-0.3, -0.25) is 9.69 Å². The number of ether oxygens (including phenoxy) is 1. The monoisotopic (exact) mass is 482 g/mol. The molecule has 2 aliphatic rings. The van der Waals surface area contributed by atoms with Crippen LogP contribution in [0.1, 0.15) is 28.1 Å². The summed E-state index contributed by atoms with van der Waals surface area (Å²) in [6.45, 7) is 1.30. The largest absolute Gasteiger partial charge is 0.447 e. The van der Waals surface area contributed by atoms with Crippen LogP contribution in [-0.2, 0) is 21.0 Å². The van der Waals surface area contributed by atoms with Crippen LogP contribution in [0.4, 0.5) is 4.79 Å². The van der Waals surface area contributed by atoms with Crippen LogP contribution in [0.15, 0.2) is 40.6 Å².